The molecule has 162 valence electrons. The average Bonchev–Trinajstić information content (AvgIpc) is 3.18. The van der Waals surface area contributed by atoms with Gasteiger partial charge in [0, 0.05) is 5.39 Å². The number of hydrogen-bond acceptors (Lipinski definition) is 6. The molecule has 1 amide bonds. The summed E-state index contributed by atoms with van der Waals surface area (Å²) in [6, 6.07) is 7.39. The Morgan fingerprint density at radius 3 is 2.93 bits per heavy atom. The van der Waals surface area contributed by atoms with Gasteiger partial charge in [0.15, 0.2) is 0 Å². The molecule has 0 spiro atoms. The normalized spacial score (nSPS) is 18.3. The lowest BCUT2D eigenvalue weighted by molar-refractivity contribution is -0.107. The maximum Gasteiger partial charge on any atom is 0.407 e. The van der Waals surface area contributed by atoms with E-state index >= 15 is 0 Å². The first kappa shape index (κ1) is 21.9. The van der Waals surface area contributed by atoms with Crippen molar-refractivity contribution in [3.05, 3.63) is 30.0 Å². The van der Waals surface area contributed by atoms with Crippen molar-refractivity contribution in [2.45, 2.75) is 57.5 Å². The van der Waals surface area contributed by atoms with Crippen LogP contribution < -0.4 is 10.1 Å². The highest BCUT2D eigenvalue weighted by Crippen LogP contribution is 2.33. The minimum atomic E-state index is -0.505. The number of amides is 1. The van der Waals surface area contributed by atoms with Crippen LogP contribution in [0.25, 0.3) is 10.9 Å². The van der Waals surface area contributed by atoms with E-state index in [-0.39, 0.29) is 18.4 Å². The zero-order valence-corrected chi connectivity index (χ0v) is 17.4. The lowest BCUT2D eigenvalue weighted by Crippen LogP contribution is -2.31. The van der Waals surface area contributed by atoms with Gasteiger partial charge in [0.05, 0.1) is 24.9 Å². The molecule has 1 aliphatic carbocycles. The van der Waals surface area contributed by atoms with E-state index in [1.54, 1.807) is 13.2 Å². The Kier molecular flexibility index (Phi) is 7.88. The second kappa shape index (κ2) is 10.8. The fourth-order valence-corrected chi connectivity index (χ4v) is 4.16. The fourth-order valence-electron chi connectivity index (χ4n) is 4.16. The van der Waals surface area contributed by atoms with E-state index in [1.807, 2.05) is 18.2 Å². The number of aromatic nitrogens is 1. The summed E-state index contributed by atoms with van der Waals surface area (Å²) in [6.45, 7) is -0.0145. The second-order valence-corrected chi connectivity index (χ2v) is 7.79. The number of rotatable bonds is 10. The number of aldehydes is 1. The number of nitrogens with one attached hydrogen (secondary N) is 1. The van der Waals surface area contributed by atoms with Gasteiger partial charge in [-0.15, -0.1) is 0 Å². The number of ether oxygens (including phenoxy) is 2. The van der Waals surface area contributed by atoms with Crippen molar-refractivity contribution in [3.8, 4) is 11.5 Å². The van der Waals surface area contributed by atoms with Crippen molar-refractivity contribution in [3.63, 3.8) is 0 Å². The van der Waals surface area contributed by atoms with E-state index in [9.17, 15) is 14.7 Å². The van der Waals surface area contributed by atoms with E-state index in [2.05, 4.69) is 10.3 Å². The number of benzene rings is 1. The van der Waals surface area contributed by atoms with Gasteiger partial charge in [-0.1, -0.05) is 12.8 Å². The maximum atomic E-state index is 11.7. The quantitative estimate of drug-likeness (QED) is 0.448. The molecule has 2 N–H and O–H groups in total. The topological polar surface area (TPSA) is 97.8 Å². The number of methoxy groups -OCH3 is 1. The molecule has 1 fully saturated rings. The standard InChI is InChI=1S/C23H30N2O5/c1-29-18-10-11-19-17(14-18)15-21(27)20(25-19)8-4-2-3-6-16-7-5-9-22(16)30-23(28)24-12-13-26/h10-11,13-16,22,27H,2-9,12H2,1H3,(H,24,28)/t16?,22-/m1/s1. The Morgan fingerprint density at radius 2 is 2.13 bits per heavy atom. The number of pyridine rings is 1. The summed E-state index contributed by atoms with van der Waals surface area (Å²) in [5.41, 5.74) is 1.57. The highest BCUT2D eigenvalue weighted by Gasteiger charge is 2.29. The van der Waals surface area contributed by atoms with Gasteiger partial charge in [0.25, 0.3) is 0 Å². The van der Waals surface area contributed by atoms with Crippen LogP contribution in [0, 0.1) is 5.92 Å². The summed E-state index contributed by atoms with van der Waals surface area (Å²) in [5, 5.41) is 13.6. The Balaban J connectivity index is 1.43. The van der Waals surface area contributed by atoms with Crippen molar-refractivity contribution >= 4 is 23.3 Å². The SMILES string of the molecule is COc1ccc2nc(CCCCCC3CCC[C@H]3OC(=O)NCC=O)c(O)cc2c1. The summed E-state index contributed by atoms with van der Waals surface area (Å²) in [7, 11) is 1.62. The molecule has 7 heteroatoms. The average molecular weight is 415 g/mol. The lowest BCUT2D eigenvalue weighted by atomic mass is 9.97. The number of alkyl carbamates (subject to hydrolysis) is 1. The van der Waals surface area contributed by atoms with Crippen LogP contribution in [-0.2, 0) is 16.0 Å². The highest BCUT2D eigenvalue weighted by atomic mass is 16.6. The number of hydrogen-bond donors (Lipinski definition) is 2. The number of carbonyl (C=O) groups excluding carboxylic acids is 2. The van der Waals surface area contributed by atoms with Crippen LogP contribution >= 0.6 is 0 Å². The van der Waals surface area contributed by atoms with Gasteiger partial charge in [-0.25, -0.2) is 9.78 Å². The minimum absolute atomic E-state index is 0.0145. The first-order valence-electron chi connectivity index (χ1n) is 10.7. The van der Waals surface area contributed by atoms with Gasteiger partial charge < -0.3 is 24.7 Å². The van der Waals surface area contributed by atoms with Gasteiger partial charge in [0.2, 0.25) is 0 Å². The van der Waals surface area contributed by atoms with E-state index in [0.29, 0.717) is 12.2 Å². The monoisotopic (exact) mass is 414 g/mol. The van der Waals surface area contributed by atoms with Gasteiger partial charge in [-0.3, -0.25) is 0 Å². The Bertz CT molecular complexity index is 870. The van der Waals surface area contributed by atoms with E-state index in [1.165, 1.54) is 0 Å². The van der Waals surface area contributed by atoms with Gasteiger partial charge in [-0.2, -0.15) is 0 Å². The summed E-state index contributed by atoms with van der Waals surface area (Å²) in [4.78, 5) is 26.6. The molecule has 7 nitrogen and oxygen atoms in total. The van der Waals surface area contributed by atoms with Crippen LogP contribution in [0.1, 0.15) is 50.6 Å². The third-order valence-electron chi connectivity index (χ3n) is 5.74. The lowest BCUT2D eigenvalue weighted by Gasteiger charge is -2.20. The zero-order chi connectivity index (χ0) is 21.3. The molecule has 3 rings (SSSR count). The summed E-state index contributed by atoms with van der Waals surface area (Å²) in [5.74, 6) is 1.35. The fraction of sp³-hybridized carbons (Fsp3) is 0.522. The van der Waals surface area contributed by atoms with Crippen molar-refractivity contribution in [1.29, 1.82) is 0 Å². The third kappa shape index (κ3) is 5.84. The Morgan fingerprint density at radius 1 is 1.27 bits per heavy atom. The first-order chi connectivity index (χ1) is 14.6. The largest absolute Gasteiger partial charge is 0.506 e. The number of nitrogens with zero attached hydrogens (tertiary/aromatic N) is 1. The molecule has 30 heavy (non-hydrogen) atoms. The zero-order valence-electron chi connectivity index (χ0n) is 17.4. The summed E-state index contributed by atoms with van der Waals surface area (Å²) < 4.78 is 10.7. The van der Waals surface area contributed by atoms with Crippen LogP contribution in [0.2, 0.25) is 0 Å². The molecule has 1 saturated carbocycles. The van der Waals surface area contributed by atoms with Crippen molar-refractivity contribution in [2.75, 3.05) is 13.7 Å². The molecule has 0 radical (unpaired) electrons. The molecule has 2 atom stereocenters. The molecule has 2 aromatic rings. The van der Waals surface area contributed by atoms with E-state index in [0.717, 1.165) is 73.7 Å². The number of fused-ring (bicyclic) bond motifs is 1. The van der Waals surface area contributed by atoms with Crippen LogP contribution in [0.15, 0.2) is 24.3 Å². The molecule has 1 unspecified atom stereocenters. The number of aryl methyl sites for hydroxylation is 1. The minimum Gasteiger partial charge on any atom is -0.506 e. The smallest absolute Gasteiger partial charge is 0.407 e. The van der Waals surface area contributed by atoms with Crippen molar-refractivity contribution < 1.29 is 24.2 Å². The Hall–Kier alpha value is -2.83. The maximum absolute atomic E-state index is 11.7. The second-order valence-electron chi connectivity index (χ2n) is 7.79. The van der Waals surface area contributed by atoms with Crippen molar-refractivity contribution in [1.82, 2.24) is 10.3 Å². The molecule has 0 bridgehead atoms. The first-order valence-corrected chi connectivity index (χ1v) is 10.7. The van der Waals surface area contributed by atoms with Crippen LogP contribution in [-0.4, -0.2) is 42.2 Å². The molecule has 0 aliphatic heterocycles. The number of unbranched alkanes of at least 4 members (excludes halogenated alkanes) is 2. The molecule has 0 saturated heterocycles. The Labute approximate surface area is 176 Å². The summed E-state index contributed by atoms with van der Waals surface area (Å²) >= 11 is 0. The molecular weight excluding hydrogens is 384 g/mol. The predicted molar refractivity (Wildman–Crippen MR) is 114 cm³/mol. The third-order valence-corrected chi connectivity index (χ3v) is 5.74. The molecule has 1 aliphatic rings. The highest BCUT2D eigenvalue weighted by molar-refractivity contribution is 5.81. The van der Waals surface area contributed by atoms with Gasteiger partial charge in [0.1, 0.15) is 23.9 Å². The van der Waals surface area contributed by atoms with Crippen LogP contribution in [0.3, 0.4) is 0 Å². The van der Waals surface area contributed by atoms with Crippen LogP contribution in [0.4, 0.5) is 4.79 Å². The van der Waals surface area contributed by atoms with Crippen molar-refractivity contribution in [2.24, 2.45) is 5.92 Å². The molecular formula is C23H30N2O5. The summed E-state index contributed by atoms with van der Waals surface area (Å²) in [6.07, 6.45) is 7.88. The molecule has 1 aromatic carbocycles. The predicted octanol–water partition coefficient (Wildman–Crippen LogP) is 4.15. The van der Waals surface area contributed by atoms with Gasteiger partial charge >= 0.3 is 6.09 Å². The molecule has 1 aromatic heterocycles. The number of aromatic hydroxyl groups is 1. The van der Waals surface area contributed by atoms with E-state index < -0.39 is 6.09 Å². The molecule has 1 heterocycles. The van der Waals surface area contributed by atoms with Crippen LogP contribution in [0.5, 0.6) is 11.5 Å². The van der Waals surface area contributed by atoms with E-state index in [4.69, 9.17) is 9.47 Å². The number of carbonyl (C=O) groups is 2. The van der Waals surface area contributed by atoms with Gasteiger partial charge in [-0.05, 0) is 68.7 Å².